The van der Waals surface area contributed by atoms with Crippen LogP contribution in [0.1, 0.15) is 5.56 Å². The Hall–Kier alpha value is -5.06. The summed E-state index contributed by atoms with van der Waals surface area (Å²) in [7, 11) is 0. The molecule has 0 radical (unpaired) electrons. The molecule has 192 valence electrons. The smallest absolute Gasteiger partial charge is 0.420 e. The van der Waals surface area contributed by atoms with Crippen LogP contribution in [0.4, 0.5) is 33.7 Å². The van der Waals surface area contributed by atoms with Gasteiger partial charge in [-0.15, -0.1) is 0 Å². The number of fused-ring (bicyclic) bond motifs is 1. The van der Waals surface area contributed by atoms with Gasteiger partial charge in [0.15, 0.2) is 0 Å². The lowest BCUT2D eigenvalue weighted by Crippen LogP contribution is -2.20. The minimum Gasteiger partial charge on any atom is -0.457 e. The summed E-state index contributed by atoms with van der Waals surface area (Å²) in [5.41, 5.74) is -0.179. The number of halogens is 4. The maximum absolute atomic E-state index is 13.7. The molecule has 0 spiro atoms. The summed E-state index contributed by atoms with van der Waals surface area (Å²) in [6, 6.07) is 17.0. The number of anilines is 2. The number of rotatable bonds is 6. The Morgan fingerprint density at radius 2 is 1.55 bits per heavy atom. The van der Waals surface area contributed by atoms with Gasteiger partial charge in [0.05, 0.1) is 5.39 Å². The first-order chi connectivity index (χ1) is 18.2. The van der Waals surface area contributed by atoms with Crippen molar-refractivity contribution >= 4 is 28.4 Å². The number of amides is 2. The van der Waals surface area contributed by atoms with Crippen LogP contribution in [-0.4, -0.2) is 16.0 Å². The zero-order valence-corrected chi connectivity index (χ0v) is 19.3. The number of hydrogen-bond donors (Lipinski definition) is 3. The molecular weight excluding hydrogens is 504 g/mol. The number of nitrogens with one attached hydrogen (secondary N) is 3. The van der Waals surface area contributed by atoms with Gasteiger partial charge >= 0.3 is 12.2 Å². The first-order valence-electron chi connectivity index (χ1n) is 11.2. The number of aromatic nitrogens is 2. The van der Waals surface area contributed by atoms with Crippen molar-refractivity contribution in [3.63, 3.8) is 0 Å². The molecule has 0 saturated heterocycles. The number of alkyl halides is 3. The summed E-state index contributed by atoms with van der Waals surface area (Å²) < 4.78 is 65.5. The van der Waals surface area contributed by atoms with Crippen LogP contribution in [0.25, 0.3) is 11.0 Å². The van der Waals surface area contributed by atoms with E-state index in [-0.39, 0.29) is 11.4 Å². The highest BCUT2D eigenvalue weighted by Gasteiger charge is 2.35. The number of pyridine rings is 1. The number of carbonyl (C=O) groups excluding carboxylic acids is 1. The minimum atomic E-state index is -4.78. The molecular formula is C27H18F4N4O3. The second kappa shape index (κ2) is 10.1. The van der Waals surface area contributed by atoms with Gasteiger partial charge in [-0.05, 0) is 66.7 Å². The van der Waals surface area contributed by atoms with Crippen molar-refractivity contribution in [2.45, 2.75) is 6.18 Å². The third-order valence-corrected chi connectivity index (χ3v) is 5.33. The van der Waals surface area contributed by atoms with Crippen LogP contribution in [-0.2, 0) is 6.18 Å². The average Bonchev–Trinajstić information content (AvgIpc) is 3.36. The number of benzene rings is 3. The van der Waals surface area contributed by atoms with E-state index >= 15 is 0 Å². The topological polar surface area (TPSA) is 88.3 Å². The molecule has 0 aliphatic carbocycles. The number of carbonyl (C=O) groups is 1. The van der Waals surface area contributed by atoms with E-state index in [1.807, 2.05) is 6.07 Å². The molecule has 3 aromatic carbocycles. The summed E-state index contributed by atoms with van der Waals surface area (Å²) in [5, 5.41) is 5.72. The first kappa shape index (κ1) is 24.6. The summed E-state index contributed by atoms with van der Waals surface area (Å²) in [6.45, 7) is 0. The summed E-state index contributed by atoms with van der Waals surface area (Å²) in [5.74, 6) is -0.173. The van der Waals surface area contributed by atoms with Gasteiger partial charge in [-0.25, -0.2) is 14.2 Å². The van der Waals surface area contributed by atoms with E-state index in [1.54, 1.807) is 42.7 Å². The fourth-order valence-corrected chi connectivity index (χ4v) is 3.63. The number of aromatic amines is 1. The number of ether oxygens (including phenoxy) is 2. The van der Waals surface area contributed by atoms with Crippen molar-refractivity contribution in [2.75, 3.05) is 10.6 Å². The predicted octanol–water partition coefficient (Wildman–Crippen LogP) is 7.95. The zero-order valence-electron chi connectivity index (χ0n) is 19.3. The summed E-state index contributed by atoms with van der Waals surface area (Å²) in [6.07, 6.45) is -1.43. The highest BCUT2D eigenvalue weighted by Crippen LogP contribution is 2.40. The Labute approximate surface area is 213 Å². The maximum Gasteiger partial charge on any atom is 0.420 e. The second-order valence-electron chi connectivity index (χ2n) is 8.02. The van der Waals surface area contributed by atoms with E-state index in [4.69, 9.17) is 9.47 Å². The molecule has 2 heterocycles. The van der Waals surface area contributed by atoms with Crippen molar-refractivity contribution in [3.8, 4) is 23.0 Å². The number of urea groups is 1. The van der Waals surface area contributed by atoms with E-state index in [0.717, 1.165) is 29.7 Å². The van der Waals surface area contributed by atoms with Gasteiger partial charge in [0, 0.05) is 29.8 Å². The molecule has 0 bridgehead atoms. The van der Waals surface area contributed by atoms with E-state index < -0.39 is 29.3 Å². The van der Waals surface area contributed by atoms with Gasteiger partial charge in [0.2, 0.25) is 0 Å². The quantitative estimate of drug-likeness (QED) is 0.198. The van der Waals surface area contributed by atoms with Crippen molar-refractivity contribution in [1.82, 2.24) is 9.97 Å². The lowest BCUT2D eigenvalue weighted by Gasteiger charge is -2.16. The third-order valence-electron chi connectivity index (χ3n) is 5.33. The second-order valence-corrected chi connectivity index (χ2v) is 8.02. The molecule has 0 fully saturated rings. The third kappa shape index (κ3) is 5.67. The van der Waals surface area contributed by atoms with E-state index in [9.17, 15) is 22.4 Å². The van der Waals surface area contributed by atoms with Crippen molar-refractivity contribution < 1.29 is 31.8 Å². The monoisotopic (exact) mass is 522 g/mol. The summed E-state index contributed by atoms with van der Waals surface area (Å²) >= 11 is 0. The van der Waals surface area contributed by atoms with Crippen molar-refractivity contribution in [2.24, 2.45) is 0 Å². The van der Waals surface area contributed by atoms with E-state index in [1.165, 1.54) is 18.2 Å². The molecule has 0 saturated carbocycles. The van der Waals surface area contributed by atoms with Crippen molar-refractivity contribution in [1.29, 1.82) is 0 Å². The molecule has 0 unspecified atom stereocenters. The number of nitrogens with zero attached hydrogens (tertiary/aromatic N) is 1. The molecule has 7 nitrogen and oxygen atoms in total. The van der Waals surface area contributed by atoms with Gasteiger partial charge < -0.3 is 25.1 Å². The average molecular weight is 522 g/mol. The van der Waals surface area contributed by atoms with Crippen LogP contribution in [0.3, 0.4) is 0 Å². The fraction of sp³-hybridized carbons (Fsp3) is 0.0370. The van der Waals surface area contributed by atoms with Crippen LogP contribution in [0, 0.1) is 5.82 Å². The van der Waals surface area contributed by atoms with Crippen LogP contribution in [0.15, 0.2) is 91.3 Å². The maximum atomic E-state index is 13.7. The Kier molecular flexibility index (Phi) is 6.56. The normalized spacial score (nSPS) is 11.3. The highest BCUT2D eigenvalue weighted by atomic mass is 19.4. The molecule has 38 heavy (non-hydrogen) atoms. The van der Waals surface area contributed by atoms with Crippen LogP contribution in [0.5, 0.6) is 23.0 Å². The zero-order chi connectivity index (χ0) is 26.7. The molecule has 5 rings (SSSR count). The van der Waals surface area contributed by atoms with Gasteiger partial charge in [-0.3, -0.25) is 0 Å². The van der Waals surface area contributed by atoms with Gasteiger partial charge in [-0.2, -0.15) is 13.2 Å². The van der Waals surface area contributed by atoms with Gasteiger partial charge in [0.1, 0.15) is 40.0 Å². The van der Waals surface area contributed by atoms with Gasteiger partial charge in [-0.1, -0.05) is 6.07 Å². The molecule has 0 aliphatic rings. The minimum absolute atomic E-state index is 0.0946. The van der Waals surface area contributed by atoms with E-state index in [0.29, 0.717) is 22.8 Å². The lowest BCUT2D eigenvalue weighted by molar-refractivity contribution is -0.138. The Morgan fingerprint density at radius 1 is 0.816 bits per heavy atom. The van der Waals surface area contributed by atoms with Crippen LogP contribution < -0.4 is 20.1 Å². The largest absolute Gasteiger partial charge is 0.457 e. The lowest BCUT2D eigenvalue weighted by atomic mass is 10.1. The van der Waals surface area contributed by atoms with Crippen molar-refractivity contribution in [3.05, 3.63) is 103 Å². The number of hydrogen-bond acceptors (Lipinski definition) is 4. The molecule has 2 amide bonds. The SMILES string of the molecule is O=C(Nc1ccc(Oc2ccnc3[nH]ccc23)cc1)Nc1ccc(Oc2cccc(F)c2)c(C(F)(F)F)c1. The molecule has 0 aliphatic heterocycles. The molecule has 2 aromatic heterocycles. The van der Waals surface area contributed by atoms with Gasteiger partial charge in [0.25, 0.3) is 0 Å². The van der Waals surface area contributed by atoms with E-state index in [2.05, 4.69) is 20.6 Å². The molecule has 3 N–H and O–H groups in total. The standard InChI is InChI=1S/C27H18F4N4O3/c28-16-2-1-3-20(14-16)38-24-9-6-18(15-22(24)27(29,30)31)35-26(36)34-17-4-7-19(8-5-17)37-23-11-13-33-25-21(23)10-12-32-25/h1-15H,(H,32,33)(H2,34,35,36). The van der Waals surface area contributed by atoms with Crippen LogP contribution >= 0.6 is 0 Å². The highest BCUT2D eigenvalue weighted by molar-refractivity contribution is 5.99. The molecule has 0 atom stereocenters. The number of H-pyrrole nitrogens is 1. The molecule has 11 heteroatoms. The Bertz CT molecular complexity index is 1600. The Morgan fingerprint density at radius 3 is 2.32 bits per heavy atom. The fourth-order valence-electron chi connectivity index (χ4n) is 3.63. The Balaban J connectivity index is 1.25. The van der Waals surface area contributed by atoms with Crippen LogP contribution in [0.2, 0.25) is 0 Å². The first-order valence-corrected chi connectivity index (χ1v) is 11.2. The molecule has 5 aromatic rings. The predicted molar refractivity (Wildman–Crippen MR) is 133 cm³/mol. The summed E-state index contributed by atoms with van der Waals surface area (Å²) in [4.78, 5) is 19.6.